The first-order chi connectivity index (χ1) is 12.8. The molecule has 1 atom stereocenters. The lowest BCUT2D eigenvalue weighted by molar-refractivity contribution is 0.294. The molecule has 2 rings (SSSR count). The Morgan fingerprint density at radius 1 is 0.962 bits per heavy atom. The number of nitrogens with zero attached hydrogens (tertiary/aromatic N) is 1. The molecule has 26 heavy (non-hydrogen) atoms. The van der Waals surface area contributed by atoms with E-state index >= 15 is 0 Å². The zero-order chi connectivity index (χ0) is 18.6. The van der Waals surface area contributed by atoms with Crippen LogP contribution in [-0.4, -0.2) is 17.8 Å². The lowest BCUT2D eigenvalue weighted by Gasteiger charge is -2.15. The van der Waals surface area contributed by atoms with Gasteiger partial charge < -0.3 is 4.74 Å². The smallest absolute Gasteiger partial charge is 0.127 e. The zero-order valence-corrected chi connectivity index (χ0v) is 16.2. The van der Waals surface area contributed by atoms with Crippen molar-refractivity contribution in [1.29, 1.82) is 0 Å². The van der Waals surface area contributed by atoms with E-state index in [1.54, 1.807) is 6.20 Å². The van der Waals surface area contributed by atoms with E-state index in [9.17, 15) is 4.39 Å². The minimum atomic E-state index is -0.738. The summed E-state index contributed by atoms with van der Waals surface area (Å²) >= 11 is 0. The number of unbranched alkanes of at least 4 members (excludes halogenated alkanes) is 3. The highest BCUT2D eigenvalue weighted by Crippen LogP contribution is 2.33. The molecule has 2 aromatic rings. The standard InChI is InChI=1S/C23H32FNO/c1-3-5-6-9-17-26-23-12-8-7-11-22(23)21-15-16-25-18-19(21)13-14-20(24)10-4-2/h7-8,11-12,15-16,18,20H,3-6,9-10,13-14,17H2,1-2H3. The molecule has 1 aromatic heterocycles. The SMILES string of the molecule is CCCCCCOc1ccccc1-c1ccncc1CCC(F)CCC. The summed E-state index contributed by atoms with van der Waals surface area (Å²) in [5.41, 5.74) is 3.27. The fourth-order valence-corrected chi connectivity index (χ4v) is 3.18. The summed E-state index contributed by atoms with van der Waals surface area (Å²) in [6.45, 7) is 4.97. The van der Waals surface area contributed by atoms with E-state index in [2.05, 4.69) is 18.0 Å². The van der Waals surface area contributed by atoms with E-state index in [4.69, 9.17) is 4.74 Å². The average Bonchev–Trinajstić information content (AvgIpc) is 2.67. The number of pyridine rings is 1. The molecular formula is C23H32FNO. The van der Waals surface area contributed by atoms with Crippen LogP contribution in [0.5, 0.6) is 5.75 Å². The Hall–Kier alpha value is -1.90. The first kappa shape index (κ1) is 20.4. The predicted octanol–water partition coefficient (Wildman–Crippen LogP) is 6.78. The molecule has 0 fully saturated rings. The Morgan fingerprint density at radius 2 is 1.81 bits per heavy atom. The zero-order valence-electron chi connectivity index (χ0n) is 16.2. The van der Waals surface area contributed by atoms with Crippen molar-refractivity contribution in [3.8, 4) is 16.9 Å². The fraction of sp³-hybridized carbons (Fsp3) is 0.522. The van der Waals surface area contributed by atoms with Crippen molar-refractivity contribution < 1.29 is 9.13 Å². The molecule has 2 nitrogen and oxygen atoms in total. The van der Waals surface area contributed by atoms with Crippen LogP contribution in [0.15, 0.2) is 42.7 Å². The van der Waals surface area contributed by atoms with Gasteiger partial charge in [0, 0.05) is 18.0 Å². The van der Waals surface area contributed by atoms with Crippen LogP contribution in [0.2, 0.25) is 0 Å². The first-order valence-corrected chi connectivity index (χ1v) is 10.0. The quantitative estimate of drug-likeness (QED) is 0.391. The van der Waals surface area contributed by atoms with Gasteiger partial charge in [-0.2, -0.15) is 0 Å². The Balaban J connectivity index is 2.10. The van der Waals surface area contributed by atoms with Crippen LogP contribution in [0.4, 0.5) is 4.39 Å². The highest BCUT2D eigenvalue weighted by molar-refractivity contribution is 5.72. The van der Waals surface area contributed by atoms with Crippen LogP contribution < -0.4 is 4.74 Å². The van der Waals surface area contributed by atoms with Gasteiger partial charge in [-0.25, -0.2) is 4.39 Å². The predicted molar refractivity (Wildman–Crippen MR) is 107 cm³/mol. The van der Waals surface area contributed by atoms with Gasteiger partial charge in [0.1, 0.15) is 11.9 Å². The topological polar surface area (TPSA) is 22.1 Å². The van der Waals surface area contributed by atoms with E-state index in [1.807, 2.05) is 37.4 Å². The summed E-state index contributed by atoms with van der Waals surface area (Å²) in [6, 6.07) is 10.2. The molecule has 0 saturated carbocycles. The number of aryl methyl sites for hydroxylation is 1. The summed E-state index contributed by atoms with van der Waals surface area (Å²) in [4.78, 5) is 4.26. The molecule has 0 radical (unpaired) electrons. The molecule has 0 aliphatic rings. The maximum absolute atomic E-state index is 13.9. The van der Waals surface area contributed by atoms with Gasteiger partial charge >= 0.3 is 0 Å². The summed E-state index contributed by atoms with van der Waals surface area (Å²) in [7, 11) is 0. The fourth-order valence-electron chi connectivity index (χ4n) is 3.18. The summed E-state index contributed by atoms with van der Waals surface area (Å²) in [5, 5.41) is 0. The van der Waals surface area contributed by atoms with Crippen molar-refractivity contribution in [2.24, 2.45) is 0 Å². The molecule has 1 unspecified atom stereocenters. The van der Waals surface area contributed by atoms with Crippen molar-refractivity contribution >= 4 is 0 Å². The van der Waals surface area contributed by atoms with Crippen LogP contribution >= 0.6 is 0 Å². The van der Waals surface area contributed by atoms with Crippen LogP contribution in [0.3, 0.4) is 0 Å². The van der Waals surface area contributed by atoms with Gasteiger partial charge in [0.15, 0.2) is 0 Å². The number of alkyl halides is 1. The number of hydrogen-bond acceptors (Lipinski definition) is 2. The molecule has 0 spiro atoms. The number of aromatic nitrogens is 1. The molecule has 0 amide bonds. The summed E-state index contributed by atoms with van der Waals surface area (Å²) in [5.74, 6) is 0.904. The van der Waals surface area contributed by atoms with Crippen LogP contribution in [-0.2, 0) is 6.42 Å². The molecule has 0 bridgehead atoms. The van der Waals surface area contributed by atoms with Crippen molar-refractivity contribution in [2.45, 2.75) is 71.4 Å². The average molecular weight is 358 g/mol. The molecule has 1 aromatic carbocycles. The largest absolute Gasteiger partial charge is 0.493 e. The third kappa shape index (κ3) is 6.44. The van der Waals surface area contributed by atoms with Crippen LogP contribution in [0.25, 0.3) is 11.1 Å². The Labute approximate surface area is 157 Å². The Morgan fingerprint density at radius 3 is 2.62 bits per heavy atom. The first-order valence-electron chi connectivity index (χ1n) is 10.0. The highest BCUT2D eigenvalue weighted by Gasteiger charge is 2.12. The number of rotatable bonds is 12. The molecule has 0 saturated heterocycles. The maximum atomic E-state index is 13.9. The Bertz CT molecular complexity index is 644. The Kier molecular flexibility index (Phi) is 9.16. The van der Waals surface area contributed by atoms with Gasteiger partial charge in [-0.3, -0.25) is 4.98 Å². The van der Waals surface area contributed by atoms with Crippen molar-refractivity contribution in [3.05, 3.63) is 48.3 Å². The van der Waals surface area contributed by atoms with E-state index in [0.29, 0.717) is 19.3 Å². The normalized spacial score (nSPS) is 12.1. The van der Waals surface area contributed by atoms with Gasteiger partial charge in [-0.1, -0.05) is 57.7 Å². The van der Waals surface area contributed by atoms with E-state index in [-0.39, 0.29) is 0 Å². The van der Waals surface area contributed by atoms with Crippen LogP contribution in [0.1, 0.15) is 64.4 Å². The molecule has 0 aliphatic carbocycles. The third-order valence-electron chi connectivity index (χ3n) is 4.67. The van der Waals surface area contributed by atoms with Crippen LogP contribution in [0, 0.1) is 0 Å². The van der Waals surface area contributed by atoms with E-state index in [0.717, 1.165) is 41.9 Å². The molecule has 1 heterocycles. The minimum Gasteiger partial charge on any atom is -0.493 e. The van der Waals surface area contributed by atoms with Gasteiger partial charge in [-0.15, -0.1) is 0 Å². The summed E-state index contributed by atoms with van der Waals surface area (Å²) < 4.78 is 20.0. The molecule has 0 N–H and O–H groups in total. The number of hydrogen-bond donors (Lipinski definition) is 0. The monoisotopic (exact) mass is 357 g/mol. The number of para-hydroxylation sites is 1. The lowest BCUT2D eigenvalue weighted by Crippen LogP contribution is -2.03. The third-order valence-corrected chi connectivity index (χ3v) is 4.67. The van der Waals surface area contributed by atoms with Crippen molar-refractivity contribution in [3.63, 3.8) is 0 Å². The minimum absolute atomic E-state index is 0.548. The molecule has 0 aliphatic heterocycles. The van der Waals surface area contributed by atoms with Gasteiger partial charge in [0.05, 0.1) is 6.61 Å². The van der Waals surface area contributed by atoms with Gasteiger partial charge in [0.2, 0.25) is 0 Å². The lowest BCUT2D eigenvalue weighted by atomic mass is 9.96. The van der Waals surface area contributed by atoms with Gasteiger partial charge in [0.25, 0.3) is 0 Å². The highest BCUT2D eigenvalue weighted by atomic mass is 19.1. The van der Waals surface area contributed by atoms with E-state index < -0.39 is 6.17 Å². The molecular weight excluding hydrogens is 325 g/mol. The second kappa shape index (κ2) is 11.7. The van der Waals surface area contributed by atoms with Gasteiger partial charge in [-0.05, 0) is 48.9 Å². The maximum Gasteiger partial charge on any atom is 0.127 e. The number of halogens is 1. The molecule has 3 heteroatoms. The molecule has 142 valence electrons. The number of ether oxygens (including phenoxy) is 1. The second-order valence-corrected chi connectivity index (χ2v) is 6.86. The second-order valence-electron chi connectivity index (χ2n) is 6.86. The summed E-state index contributed by atoms with van der Waals surface area (Å²) in [6.07, 6.45) is 10.5. The van der Waals surface area contributed by atoms with Crippen molar-refractivity contribution in [2.75, 3.05) is 6.61 Å². The van der Waals surface area contributed by atoms with E-state index in [1.165, 1.54) is 19.3 Å². The van der Waals surface area contributed by atoms with Crippen molar-refractivity contribution in [1.82, 2.24) is 4.98 Å². The number of benzene rings is 1.